The number of aliphatic imine (C=N–C) groups is 1. The standard InChI is InChI=1S/C8H7FN2O2S2/c9-8-3-7(15(10,12)13)2-1-6(8)4-11-5-14/h1-3H,4H2,(H2,10,12,13). The van der Waals surface area contributed by atoms with Crippen molar-refractivity contribution in [2.45, 2.75) is 11.4 Å². The van der Waals surface area contributed by atoms with Crippen LogP contribution in [0.2, 0.25) is 0 Å². The Hall–Kier alpha value is -1.14. The Morgan fingerprint density at radius 2 is 2.20 bits per heavy atom. The van der Waals surface area contributed by atoms with Gasteiger partial charge < -0.3 is 0 Å². The second kappa shape index (κ2) is 4.59. The summed E-state index contributed by atoms with van der Waals surface area (Å²) in [7, 11) is -3.87. The smallest absolute Gasteiger partial charge is 0.228 e. The lowest BCUT2D eigenvalue weighted by molar-refractivity contribution is 0.588. The Kier molecular flexibility index (Phi) is 3.65. The number of primary sulfonamides is 1. The molecule has 0 radical (unpaired) electrons. The summed E-state index contributed by atoms with van der Waals surface area (Å²) in [6, 6.07) is 3.36. The number of rotatable bonds is 3. The topological polar surface area (TPSA) is 72.5 Å². The fourth-order valence-corrected chi connectivity index (χ4v) is 1.54. The van der Waals surface area contributed by atoms with Crippen LogP contribution in [0.5, 0.6) is 0 Å². The monoisotopic (exact) mass is 246 g/mol. The molecule has 1 aromatic carbocycles. The maximum absolute atomic E-state index is 13.3. The largest absolute Gasteiger partial charge is 0.238 e. The van der Waals surface area contributed by atoms with Crippen LogP contribution in [0.25, 0.3) is 0 Å². The van der Waals surface area contributed by atoms with Crippen molar-refractivity contribution in [2.75, 3.05) is 0 Å². The van der Waals surface area contributed by atoms with E-state index in [1.54, 1.807) is 0 Å². The molecule has 0 spiro atoms. The van der Waals surface area contributed by atoms with Crippen LogP contribution in [0.15, 0.2) is 28.1 Å². The van der Waals surface area contributed by atoms with Crippen LogP contribution in [-0.2, 0) is 16.6 Å². The van der Waals surface area contributed by atoms with Gasteiger partial charge in [-0.25, -0.2) is 22.9 Å². The van der Waals surface area contributed by atoms with Crippen LogP contribution in [0.3, 0.4) is 0 Å². The number of hydrogen-bond donors (Lipinski definition) is 1. The van der Waals surface area contributed by atoms with Gasteiger partial charge in [-0.1, -0.05) is 6.07 Å². The molecule has 1 aromatic rings. The molecule has 0 aromatic heterocycles. The molecule has 4 nitrogen and oxygen atoms in total. The summed E-state index contributed by atoms with van der Waals surface area (Å²) in [6.07, 6.45) is 0. The Morgan fingerprint density at radius 1 is 1.53 bits per heavy atom. The highest BCUT2D eigenvalue weighted by Gasteiger charge is 2.10. The predicted molar refractivity (Wildman–Crippen MR) is 56.5 cm³/mol. The van der Waals surface area contributed by atoms with Crippen LogP contribution in [-0.4, -0.2) is 13.6 Å². The number of nitrogens with two attached hydrogens (primary N) is 1. The van der Waals surface area contributed by atoms with Gasteiger partial charge in [-0.3, -0.25) is 0 Å². The van der Waals surface area contributed by atoms with Crippen LogP contribution < -0.4 is 5.14 Å². The van der Waals surface area contributed by atoms with Crippen molar-refractivity contribution in [1.29, 1.82) is 0 Å². The van der Waals surface area contributed by atoms with Crippen LogP contribution in [0.4, 0.5) is 4.39 Å². The van der Waals surface area contributed by atoms with E-state index in [2.05, 4.69) is 22.4 Å². The van der Waals surface area contributed by atoms with E-state index in [9.17, 15) is 12.8 Å². The van der Waals surface area contributed by atoms with Gasteiger partial charge in [0.2, 0.25) is 10.0 Å². The van der Waals surface area contributed by atoms with Crippen LogP contribution in [0.1, 0.15) is 5.56 Å². The zero-order valence-electron chi connectivity index (χ0n) is 7.47. The van der Waals surface area contributed by atoms with Gasteiger partial charge in [-0.15, -0.1) is 0 Å². The third-order valence-corrected chi connectivity index (χ3v) is 2.71. The summed E-state index contributed by atoms with van der Waals surface area (Å²) in [4.78, 5) is 3.27. The summed E-state index contributed by atoms with van der Waals surface area (Å²) in [5.74, 6) is -0.685. The molecule has 0 bridgehead atoms. The number of hydrogen-bond acceptors (Lipinski definition) is 4. The zero-order chi connectivity index (χ0) is 11.5. The van der Waals surface area contributed by atoms with Gasteiger partial charge in [0, 0.05) is 5.56 Å². The molecular formula is C8H7FN2O2S2. The summed E-state index contributed by atoms with van der Waals surface area (Å²) < 4.78 is 35.0. The van der Waals surface area contributed by atoms with E-state index < -0.39 is 15.8 Å². The van der Waals surface area contributed by atoms with Gasteiger partial charge >= 0.3 is 0 Å². The third kappa shape index (κ3) is 3.17. The predicted octanol–water partition coefficient (Wildman–Crippen LogP) is 1.08. The van der Waals surface area contributed by atoms with E-state index in [0.29, 0.717) is 0 Å². The fraction of sp³-hybridized carbons (Fsp3) is 0.125. The van der Waals surface area contributed by atoms with E-state index in [-0.39, 0.29) is 17.0 Å². The molecule has 2 N–H and O–H groups in total. The van der Waals surface area contributed by atoms with Crippen LogP contribution >= 0.6 is 12.2 Å². The summed E-state index contributed by atoms with van der Waals surface area (Å²) in [6.45, 7) is 0.0280. The number of benzene rings is 1. The Bertz CT molecular complexity index is 521. The first-order valence-corrected chi connectivity index (χ1v) is 5.75. The SMILES string of the molecule is NS(=O)(=O)c1ccc(CN=C=S)c(F)c1. The molecule has 0 aliphatic rings. The average Bonchev–Trinajstić information content (AvgIpc) is 2.14. The lowest BCUT2D eigenvalue weighted by atomic mass is 10.2. The van der Waals surface area contributed by atoms with E-state index in [0.717, 1.165) is 6.07 Å². The maximum atomic E-state index is 13.3. The normalized spacial score (nSPS) is 10.8. The molecule has 7 heteroatoms. The van der Waals surface area contributed by atoms with E-state index in [4.69, 9.17) is 5.14 Å². The minimum atomic E-state index is -3.87. The van der Waals surface area contributed by atoms with Gasteiger partial charge in [0.1, 0.15) is 5.82 Å². The molecule has 0 amide bonds. The average molecular weight is 246 g/mol. The molecular weight excluding hydrogens is 239 g/mol. The van der Waals surface area contributed by atoms with Gasteiger partial charge in [-0.05, 0) is 24.4 Å². The molecule has 0 atom stereocenters. The first-order valence-electron chi connectivity index (χ1n) is 3.80. The zero-order valence-corrected chi connectivity index (χ0v) is 9.11. The summed E-state index contributed by atoms with van der Waals surface area (Å²) >= 11 is 4.32. The van der Waals surface area contributed by atoms with E-state index in [1.165, 1.54) is 12.1 Å². The van der Waals surface area contributed by atoms with Gasteiger partial charge in [0.15, 0.2) is 0 Å². The molecule has 0 saturated heterocycles. The highest BCUT2D eigenvalue weighted by atomic mass is 32.2. The Balaban J connectivity index is 3.14. The molecule has 0 aliphatic carbocycles. The minimum absolute atomic E-state index is 0.0280. The quantitative estimate of drug-likeness (QED) is 0.640. The highest BCUT2D eigenvalue weighted by Crippen LogP contribution is 2.14. The number of nitrogens with zero attached hydrogens (tertiary/aromatic N) is 1. The molecule has 0 unspecified atom stereocenters. The lowest BCUT2D eigenvalue weighted by Gasteiger charge is -2.01. The molecule has 0 aliphatic heterocycles. The van der Waals surface area contributed by atoms with Crippen molar-refractivity contribution >= 4 is 27.4 Å². The Labute approximate surface area is 91.7 Å². The maximum Gasteiger partial charge on any atom is 0.238 e. The minimum Gasteiger partial charge on any atom is -0.228 e. The second-order valence-electron chi connectivity index (χ2n) is 2.71. The van der Waals surface area contributed by atoms with Crippen molar-refractivity contribution in [1.82, 2.24) is 0 Å². The highest BCUT2D eigenvalue weighted by molar-refractivity contribution is 7.89. The first kappa shape index (κ1) is 11.9. The van der Waals surface area contributed by atoms with E-state index >= 15 is 0 Å². The van der Waals surface area contributed by atoms with Gasteiger partial charge in [-0.2, -0.15) is 0 Å². The van der Waals surface area contributed by atoms with Gasteiger partial charge in [0.05, 0.1) is 16.6 Å². The number of isothiocyanates is 1. The number of thiocarbonyl (C=S) groups is 1. The second-order valence-corrected chi connectivity index (χ2v) is 4.45. The van der Waals surface area contributed by atoms with E-state index in [1.807, 2.05) is 0 Å². The number of sulfonamides is 1. The lowest BCUT2D eigenvalue weighted by Crippen LogP contribution is -2.12. The van der Waals surface area contributed by atoms with Crippen molar-refractivity contribution in [3.63, 3.8) is 0 Å². The van der Waals surface area contributed by atoms with Crippen molar-refractivity contribution < 1.29 is 12.8 Å². The molecule has 0 heterocycles. The molecule has 1 rings (SSSR count). The third-order valence-electron chi connectivity index (χ3n) is 1.67. The summed E-state index contributed by atoms with van der Waals surface area (Å²) in [5, 5.41) is 6.92. The van der Waals surface area contributed by atoms with Gasteiger partial charge in [0.25, 0.3) is 0 Å². The van der Waals surface area contributed by atoms with Crippen molar-refractivity contribution in [2.24, 2.45) is 10.1 Å². The summed E-state index contributed by atoms with van der Waals surface area (Å²) in [5.41, 5.74) is 0.236. The first-order chi connectivity index (χ1) is 6.95. The molecule has 80 valence electrons. The molecule has 0 saturated carbocycles. The van der Waals surface area contributed by atoms with Crippen molar-refractivity contribution in [3.8, 4) is 0 Å². The van der Waals surface area contributed by atoms with Crippen LogP contribution in [0, 0.1) is 5.82 Å². The van der Waals surface area contributed by atoms with Crippen molar-refractivity contribution in [3.05, 3.63) is 29.6 Å². The Morgan fingerprint density at radius 3 is 2.67 bits per heavy atom. The molecule has 0 fully saturated rings. The molecule has 15 heavy (non-hydrogen) atoms. The number of halogens is 1. The fourth-order valence-electron chi connectivity index (χ4n) is 0.951.